The molecule has 0 aromatic heterocycles. The highest BCUT2D eigenvalue weighted by atomic mass is 35.5. The second-order valence-electron chi connectivity index (χ2n) is 11.2. The van der Waals surface area contributed by atoms with E-state index in [-0.39, 0.29) is 24.5 Å². The molecule has 0 heterocycles. The van der Waals surface area contributed by atoms with Crippen molar-refractivity contribution in [1.82, 2.24) is 0 Å². The van der Waals surface area contributed by atoms with Crippen LogP contribution in [0, 0.1) is 17.2 Å². The van der Waals surface area contributed by atoms with Crippen LogP contribution in [0.4, 0.5) is 18.9 Å². The first-order valence-electron chi connectivity index (χ1n) is 12.2. The highest BCUT2D eigenvalue weighted by Gasteiger charge is 2.52. The van der Waals surface area contributed by atoms with Gasteiger partial charge in [0.15, 0.2) is 0 Å². The van der Waals surface area contributed by atoms with Crippen molar-refractivity contribution in [2.75, 3.05) is 5.32 Å². The maximum absolute atomic E-state index is 14.7. The first-order valence-corrected chi connectivity index (χ1v) is 12.6. The van der Waals surface area contributed by atoms with Gasteiger partial charge in [0, 0.05) is 17.9 Å². The molecule has 0 spiro atoms. The minimum absolute atomic E-state index is 0.0405. The zero-order valence-corrected chi connectivity index (χ0v) is 21.4. The molecule has 2 atom stereocenters. The number of alkyl halides is 2. The van der Waals surface area contributed by atoms with E-state index in [1.54, 1.807) is 30.3 Å². The first-order chi connectivity index (χ1) is 16.8. The van der Waals surface area contributed by atoms with Crippen LogP contribution >= 0.6 is 11.6 Å². The van der Waals surface area contributed by atoms with Gasteiger partial charge in [-0.15, -0.1) is 0 Å². The maximum atomic E-state index is 14.7. The SMILES string of the molecule is CC(C)(C)OC(=O)C1(Cc2ccc(F)c(NC(=O)C(c3ccc(Cl)cc3)C3CCC(F)(F)C3)c2)CC1. The molecule has 0 radical (unpaired) electrons. The molecule has 194 valence electrons. The number of carbonyl (C=O) groups is 2. The van der Waals surface area contributed by atoms with E-state index in [9.17, 15) is 22.8 Å². The molecule has 36 heavy (non-hydrogen) atoms. The van der Waals surface area contributed by atoms with Crippen LogP contribution in [0.2, 0.25) is 5.02 Å². The Labute approximate surface area is 214 Å². The Morgan fingerprint density at radius 2 is 1.78 bits per heavy atom. The van der Waals surface area contributed by atoms with Crippen molar-refractivity contribution in [2.24, 2.45) is 11.3 Å². The number of esters is 1. The molecule has 0 bridgehead atoms. The lowest BCUT2D eigenvalue weighted by atomic mass is 9.84. The van der Waals surface area contributed by atoms with Gasteiger partial charge in [-0.25, -0.2) is 13.2 Å². The molecule has 2 unspecified atom stereocenters. The third-order valence-corrected chi connectivity index (χ3v) is 7.19. The van der Waals surface area contributed by atoms with Crippen LogP contribution in [0.15, 0.2) is 42.5 Å². The second kappa shape index (κ2) is 9.73. The predicted octanol–water partition coefficient (Wildman–Crippen LogP) is 7.30. The van der Waals surface area contributed by atoms with Crippen molar-refractivity contribution < 1.29 is 27.5 Å². The number of benzene rings is 2. The Morgan fingerprint density at radius 3 is 2.33 bits per heavy atom. The molecule has 1 amide bonds. The van der Waals surface area contributed by atoms with Crippen LogP contribution in [0.5, 0.6) is 0 Å². The summed E-state index contributed by atoms with van der Waals surface area (Å²) < 4.78 is 48.3. The monoisotopic (exact) mass is 521 g/mol. The number of carbonyl (C=O) groups excluding carboxylic acids is 2. The number of anilines is 1. The average molecular weight is 522 g/mol. The molecule has 8 heteroatoms. The van der Waals surface area contributed by atoms with Gasteiger partial charge in [-0.05, 0) is 87.8 Å². The predicted molar refractivity (Wildman–Crippen MR) is 133 cm³/mol. The quantitative estimate of drug-likeness (QED) is 0.389. The molecule has 2 aromatic rings. The second-order valence-corrected chi connectivity index (χ2v) is 11.6. The summed E-state index contributed by atoms with van der Waals surface area (Å²) in [7, 11) is 0. The van der Waals surface area contributed by atoms with Crippen LogP contribution in [0.1, 0.15) is 69.9 Å². The summed E-state index contributed by atoms with van der Waals surface area (Å²) in [6.07, 6.45) is 1.21. The van der Waals surface area contributed by atoms with E-state index in [4.69, 9.17) is 16.3 Å². The zero-order valence-electron chi connectivity index (χ0n) is 20.7. The van der Waals surface area contributed by atoms with Crippen LogP contribution in [-0.2, 0) is 20.7 Å². The van der Waals surface area contributed by atoms with Gasteiger partial charge >= 0.3 is 5.97 Å². The molecule has 2 aliphatic carbocycles. The molecule has 2 fully saturated rings. The number of ether oxygens (including phenoxy) is 1. The lowest BCUT2D eigenvalue weighted by Crippen LogP contribution is -2.31. The fourth-order valence-electron chi connectivity index (χ4n) is 4.95. The lowest BCUT2D eigenvalue weighted by molar-refractivity contribution is -0.161. The lowest BCUT2D eigenvalue weighted by Gasteiger charge is -2.25. The van der Waals surface area contributed by atoms with Gasteiger partial charge in [-0.2, -0.15) is 0 Å². The van der Waals surface area contributed by atoms with Crippen LogP contribution in [0.25, 0.3) is 0 Å². The number of amides is 1. The number of rotatable bonds is 7. The molecule has 1 N–H and O–H groups in total. The number of halogens is 4. The minimum atomic E-state index is -2.83. The summed E-state index contributed by atoms with van der Waals surface area (Å²) in [4.78, 5) is 26.1. The minimum Gasteiger partial charge on any atom is -0.460 e. The van der Waals surface area contributed by atoms with Crippen molar-refractivity contribution in [3.05, 3.63) is 64.4 Å². The van der Waals surface area contributed by atoms with Crippen molar-refractivity contribution in [3.8, 4) is 0 Å². The molecule has 4 nitrogen and oxygen atoms in total. The van der Waals surface area contributed by atoms with E-state index < -0.39 is 46.9 Å². The van der Waals surface area contributed by atoms with Gasteiger partial charge in [0.05, 0.1) is 17.0 Å². The van der Waals surface area contributed by atoms with Gasteiger partial charge in [0.1, 0.15) is 11.4 Å². The van der Waals surface area contributed by atoms with Gasteiger partial charge in [-0.3, -0.25) is 9.59 Å². The molecule has 0 saturated heterocycles. The molecular weight excluding hydrogens is 491 g/mol. The largest absolute Gasteiger partial charge is 0.460 e. The smallest absolute Gasteiger partial charge is 0.312 e. The van der Waals surface area contributed by atoms with E-state index in [0.29, 0.717) is 35.4 Å². The maximum Gasteiger partial charge on any atom is 0.312 e. The first kappa shape index (κ1) is 26.5. The molecule has 0 aliphatic heterocycles. The Balaban J connectivity index is 1.55. The van der Waals surface area contributed by atoms with E-state index >= 15 is 0 Å². The summed E-state index contributed by atoms with van der Waals surface area (Å²) in [5.41, 5.74) is -0.0552. The van der Waals surface area contributed by atoms with Crippen molar-refractivity contribution in [2.45, 2.75) is 76.7 Å². The normalized spacial score (nSPS) is 21.0. The van der Waals surface area contributed by atoms with E-state index in [2.05, 4.69) is 5.32 Å². The summed E-state index contributed by atoms with van der Waals surface area (Å²) in [6.45, 7) is 5.43. The molecule has 2 aromatic carbocycles. The van der Waals surface area contributed by atoms with Gasteiger partial charge in [0.2, 0.25) is 11.8 Å². The van der Waals surface area contributed by atoms with Gasteiger partial charge < -0.3 is 10.1 Å². The third kappa shape index (κ3) is 6.23. The third-order valence-electron chi connectivity index (χ3n) is 6.94. The van der Waals surface area contributed by atoms with Crippen LogP contribution in [-0.4, -0.2) is 23.4 Å². The highest BCUT2D eigenvalue weighted by Crippen LogP contribution is 2.50. The molecular formula is C28H31ClF3NO3. The molecule has 2 aliphatic rings. The molecule has 2 saturated carbocycles. The summed E-state index contributed by atoms with van der Waals surface area (Å²) >= 11 is 5.98. The topological polar surface area (TPSA) is 55.4 Å². The van der Waals surface area contributed by atoms with E-state index in [0.717, 1.165) is 0 Å². The van der Waals surface area contributed by atoms with E-state index in [1.807, 2.05) is 20.8 Å². The van der Waals surface area contributed by atoms with Crippen molar-refractivity contribution >= 4 is 29.2 Å². The van der Waals surface area contributed by atoms with Crippen molar-refractivity contribution in [3.63, 3.8) is 0 Å². The van der Waals surface area contributed by atoms with E-state index in [1.165, 1.54) is 12.1 Å². The average Bonchev–Trinajstić information content (AvgIpc) is 3.47. The fourth-order valence-corrected chi connectivity index (χ4v) is 5.07. The Hall–Kier alpha value is -2.54. The van der Waals surface area contributed by atoms with Crippen LogP contribution in [0.3, 0.4) is 0 Å². The number of hydrogen-bond donors (Lipinski definition) is 1. The molecule has 4 rings (SSSR count). The van der Waals surface area contributed by atoms with Crippen molar-refractivity contribution in [1.29, 1.82) is 0 Å². The number of nitrogens with one attached hydrogen (secondary N) is 1. The summed E-state index contributed by atoms with van der Waals surface area (Å²) in [5.74, 6) is -5.77. The Morgan fingerprint density at radius 1 is 1.11 bits per heavy atom. The number of hydrogen-bond acceptors (Lipinski definition) is 3. The zero-order chi connectivity index (χ0) is 26.3. The van der Waals surface area contributed by atoms with Crippen LogP contribution < -0.4 is 5.32 Å². The fraction of sp³-hybridized carbons (Fsp3) is 0.500. The van der Waals surface area contributed by atoms with Gasteiger partial charge in [-0.1, -0.05) is 29.8 Å². The Kier molecular flexibility index (Phi) is 7.17. The van der Waals surface area contributed by atoms with Gasteiger partial charge in [0.25, 0.3) is 0 Å². The summed E-state index contributed by atoms with van der Waals surface area (Å²) in [5, 5.41) is 3.10. The highest BCUT2D eigenvalue weighted by molar-refractivity contribution is 6.30. The standard InChI is InChI=1S/C28H31ClF3NO3/c1-26(2,3)36-25(35)27(12-13-27)15-17-4-9-21(30)22(14-17)33-24(34)23(18-5-7-20(29)8-6-18)19-10-11-28(31,32)16-19/h4-9,14,19,23H,10-13,15-16H2,1-3H3,(H,33,34). The summed E-state index contributed by atoms with van der Waals surface area (Å²) in [6, 6.07) is 10.9. The Bertz CT molecular complexity index is 1140.